The van der Waals surface area contributed by atoms with Gasteiger partial charge in [-0.25, -0.2) is 9.38 Å². The van der Waals surface area contributed by atoms with E-state index in [9.17, 15) is 4.79 Å². The number of thiazole rings is 1. The summed E-state index contributed by atoms with van der Waals surface area (Å²) in [5.74, 6) is 1.28. The van der Waals surface area contributed by atoms with E-state index in [4.69, 9.17) is 21.1 Å². The van der Waals surface area contributed by atoms with Gasteiger partial charge in [0, 0.05) is 5.02 Å². The summed E-state index contributed by atoms with van der Waals surface area (Å²) in [6.45, 7) is 2.83. The predicted octanol–water partition coefficient (Wildman–Crippen LogP) is 5.09. The predicted molar refractivity (Wildman–Crippen MR) is 129 cm³/mol. The number of halogens is 1. The molecular formula is C25H19ClN2O3S. The van der Waals surface area contributed by atoms with Gasteiger partial charge in [-0.15, -0.1) is 0 Å². The molecule has 7 heteroatoms. The van der Waals surface area contributed by atoms with E-state index in [-0.39, 0.29) is 5.56 Å². The van der Waals surface area contributed by atoms with Gasteiger partial charge in [0.2, 0.25) is 0 Å². The molecule has 0 aliphatic heterocycles. The van der Waals surface area contributed by atoms with Gasteiger partial charge in [-0.05, 0) is 60.5 Å². The molecule has 0 N–H and O–H groups in total. The quantitative estimate of drug-likeness (QED) is 0.353. The lowest BCUT2D eigenvalue weighted by atomic mass is 10.2. The normalized spacial score (nSPS) is 12.0. The van der Waals surface area contributed by atoms with Crippen molar-refractivity contribution in [1.82, 2.24) is 9.38 Å². The average Bonchev–Trinajstić information content (AvgIpc) is 3.31. The lowest BCUT2D eigenvalue weighted by Crippen LogP contribution is -2.22. The van der Waals surface area contributed by atoms with E-state index in [1.54, 1.807) is 4.40 Å². The molecule has 0 atom stereocenters. The monoisotopic (exact) mass is 462 g/mol. The van der Waals surface area contributed by atoms with Gasteiger partial charge in [0.15, 0.2) is 16.5 Å². The van der Waals surface area contributed by atoms with Crippen LogP contribution in [0.5, 0.6) is 11.5 Å². The molecule has 0 fully saturated rings. The van der Waals surface area contributed by atoms with Crippen LogP contribution in [0.4, 0.5) is 0 Å². The number of ether oxygens (including phenoxy) is 2. The Bertz CT molecular complexity index is 1520. The maximum atomic E-state index is 13.0. The topological polar surface area (TPSA) is 52.8 Å². The molecule has 0 saturated heterocycles. The molecule has 32 heavy (non-hydrogen) atoms. The highest BCUT2D eigenvalue weighted by atomic mass is 35.5. The van der Waals surface area contributed by atoms with E-state index < -0.39 is 0 Å². The van der Waals surface area contributed by atoms with E-state index in [2.05, 4.69) is 4.98 Å². The average molecular weight is 463 g/mol. The minimum atomic E-state index is -0.0697. The summed E-state index contributed by atoms with van der Waals surface area (Å²) >= 11 is 7.32. The van der Waals surface area contributed by atoms with Crippen LogP contribution < -0.4 is 19.6 Å². The van der Waals surface area contributed by atoms with Crippen LogP contribution in [0.3, 0.4) is 0 Å². The summed E-state index contributed by atoms with van der Waals surface area (Å²) in [5, 5.41) is 0.690. The van der Waals surface area contributed by atoms with E-state index in [1.165, 1.54) is 11.3 Å². The summed E-state index contributed by atoms with van der Waals surface area (Å²) < 4.78 is 14.1. The number of imidazole rings is 1. The van der Waals surface area contributed by atoms with Crippen molar-refractivity contribution in [2.45, 2.75) is 13.5 Å². The number of hydrogen-bond acceptors (Lipinski definition) is 5. The van der Waals surface area contributed by atoms with Crippen LogP contribution in [0.1, 0.15) is 18.1 Å². The molecule has 0 saturated carbocycles. The van der Waals surface area contributed by atoms with Crippen molar-refractivity contribution >= 4 is 45.0 Å². The Labute approximate surface area is 193 Å². The second kappa shape index (κ2) is 8.65. The van der Waals surface area contributed by atoms with E-state index in [1.807, 2.05) is 79.7 Å². The lowest BCUT2D eigenvalue weighted by Gasteiger charge is -2.12. The Morgan fingerprint density at radius 2 is 1.84 bits per heavy atom. The molecule has 5 aromatic rings. The maximum absolute atomic E-state index is 13.0. The Balaban J connectivity index is 1.48. The van der Waals surface area contributed by atoms with E-state index in [0.29, 0.717) is 39.2 Å². The molecule has 3 aromatic carbocycles. The van der Waals surface area contributed by atoms with Crippen molar-refractivity contribution < 1.29 is 9.47 Å². The molecule has 5 nitrogen and oxygen atoms in total. The zero-order chi connectivity index (χ0) is 22.1. The largest absolute Gasteiger partial charge is 0.490 e. The highest BCUT2D eigenvalue weighted by Crippen LogP contribution is 2.30. The Hall–Kier alpha value is -3.35. The van der Waals surface area contributed by atoms with Crippen molar-refractivity contribution in [2.75, 3.05) is 6.61 Å². The summed E-state index contributed by atoms with van der Waals surface area (Å²) in [4.78, 5) is 18.3. The van der Waals surface area contributed by atoms with Crippen molar-refractivity contribution in [2.24, 2.45) is 0 Å². The van der Waals surface area contributed by atoms with Crippen LogP contribution in [0, 0.1) is 0 Å². The summed E-state index contributed by atoms with van der Waals surface area (Å²) in [6, 6.07) is 20.9. The first kappa shape index (κ1) is 20.5. The van der Waals surface area contributed by atoms with Gasteiger partial charge in [0.25, 0.3) is 5.56 Å². The van der Waals surface area contributed by atoms with Gasteiger partial charge >= 0.3 is 0 Å². The summed E-state index contributed by atoms with van der Waals surface area (Å²) in [5.41, 5.74) is 3.45. The molecule has 2 aromatic heterocycles. The molecule has 0 spiro atoms. The van der Waals surface area contributed by atoms with Gasteiger partial charge in [-0.2, -0.15) is 0 Å². The molecule has 0 aliphatic rings. The zero-order valence-electron chi connectivity index (χ0n) is 17.2. The van der Waals surface area contributed by atoms with Gasteiger partial charge < -0.3 is 9.47 Å². The third-order valence-corrected chi connectivity index (χ3v) is 6.24. The Kier molecular flexibility index (Phi) is 5.55. The molecule has 5 rings (SSSR count). The minimum Gasteiger partial charge on any atom is -0.490 e. The SMILES string of the molecule is CCOc1cc(/C=c2\sc3nc4ccccc4n3c2=O)ccc1OCc1ccc(Cl)cc1. The molecule has 0 unspecified atom stereocenters. The summed E-state index contributed by atoms with van der Waals surface area (Å²) in [6.07, 6.45) is 1.86. The molecule has 0 radical (unpaired) electrons. The van der Waals surface area contributed by atoms with E-state index in [0.717, 1.165) is 22.2 Å². The number of benzene rings is 3. The fraction of sp³-hybridized carbons (Fsp3) is 0.120. The first-order valence-electron chi connectivity index (χ1n) is 10.2. The van der Waals surface area contributed by atoms with Crippen molar-refractivity contribution in [1.29, 1.82) is 0 Å². The van der Waals surface area contributed by atoms with Crippen LogP contribution in [0.15, 0.2) is 71.5 Å². The highest BCUT2D eigenvalue weighted by Gasteiger charge is 2.11. The number of hydrogen-bond donors (Lipinski definition) is 0. The number of aromatic nitrogens is 2. The van der Waals surface area contributed by atoms with Crippen LogP contribution in [-0.2, 0) is 6.61 Å². The van der Waals surface area contributed by atoms with Gasteiger partial charge in [-0.3, -0.25) is 4.79 Å². The van der Waals surface area contributed by atoms with Gasteiger partial charge in [0.05, 0.1) is 22.2 Å². The van der Waals surface area contributed by atoms with Crippen LogP contribution in [-0.4, -0.2) is 16.0 Å². The van der Waals surface area contributed by atoms with Crippen molar-refractivity contribution in [3.63, 3.8) is 0 Å². The number of fused-ring (bicyclic) bond motifs is 3. The summed E-state index contributed by atoms with van der Waals surface area (Å²) in [7, 11) is 0. The third-order valence-electron chi connectivity index (χ3n) is 5.02. The van der Waals surface area contributed by atoms with Crippen LogP contribution in [0.25, 0.3) is 22.1 Å². The van der Waals surface area contributed by atoms with Gasteiger partial charge in [0.1, 0.15) is 6.61 Å². The highest BCUT2D eigenvalue weighted by molar-refractivity contribution is 7.15. The van der Waals surface area contributed by atoms with Crippen molar-refractivity contribution in [3.8, 4) is 11.5 Å². The number of rotatable bonds is 6. The standard InChI is InChI=1S/C25H19ClN2O3S/c1-2-30-22-13-17(9-12-21(22)31-15-16-7-10-18(26)11-8-16)14-23-24(29)28-20-6-4-3-5-19(20)27-25(28)32-23/h3-14H,2,15H2,1H3/b23-14-. The third kappa shape index (κ3) is 3.95. The lowest BCUT2D eigenvalue weighted by molar-refractivity contribution is 0.269. The molecule has 160 valence electrons. The minimum absolute atomic E-state index is 0.0697. The number of para-hydroxylation sites is 2. The van der Waals surface area contributed by atoms with E-state index >= 15 is 0 Å². The fourth-order valence-electron chi connectivity index (χ4n) is 3.51. The zero-order valence-corrected chi connectivity index (χ0v) is 18.8. The molecule has 0 aliphatic carbocycles. The molecule has 0 amide bonds. The second-order valence-electron chi connectivity index (χ2n) is 7.19. The first-order chi connectivity index (χ1) is 15.6. The molecular weight excluding hydrogens is 444 g/mol. The Morgan fingerprint density at radius 1 is 1.03 bits per heavy atom. The Morgan fingerprint density at radius 3 is 2.66 bits per heavy atom. The molecule has 2 heterocycles. The smallest absolute Gasteiger partial charge is 0.274 e. The molecule has 0 bridgehead atoms. The first-order valence-corrected chi connectivity index (χ1v) is 11.4. The second-order valence-corrected chi connectivity index (χ2v) is 8.63. The van der Waals surface area contributed by atoms with Gasteiger partial charge in [-0.1, -0.05) is 53.3 Å². The number of nitrogens with zero attached hydrogens (tertiary/aromatic N) is 2. The fourth-order valence-corrected chi connectivity index (χ4v) is 4.62. The van der Waals surface area contributed by atoms with Crippen molar-refractivity contribution in [3.05, 3.63) is 97.8 Å². The maximum Gasteiger partial charge on any atom is 0.274 e. The van der Waals surface area contributed by atoms with Crippen LogP contribution >= 0.6 is 22.9 Å². The van der Waals surface area contributed by atoms with Crippen LogP contribution in [0.2, 0.25) is 5.02 Å².